The van der Waals surface area contributed by atoms with Crippen molar-refractivity contribution in [2.24, 2.45) is 0 Å². The molecule has 3 aromatic carbocycles. The number of carbonyl (C=O) groups is 2. The molecule has 3 rings (SSSR count). The van der Waals surface area contributed by atoms with Gasteiger partial charge in [0.05, 0.1) is 12.6 Å². The molecule has 1 unspecified atom stereocenters. The Labute approximate surface area is 183 Å². The molecule has 5 nitrogen and oxygen atoms in total. The Morgan fingerprint density at radius 3 is 2.03 bits per heavy atom. The first-order valence-corrected chi connectivity index (χ1v) is 10.7. The zero-order valence-electron chi connectivity index (χ0n) is 17.8. The van der Waals surface area contributed by atoms with E-state index < -0.39 is 0 Å². The Balaban J connectivity index is 1.42. The van der Waals surface area contributed by atoms with Crippen LogP contribution in [-0.2, 0) is 16.0 Å². The molecule has 160 valence electrons. The predicted molar refractivity (Wildman–Crippen MR) is 126 cm³/mol. The molecule has 0 radical (unpaired) electrons. The van der Waals surface area contributed by atoms with Gasteiger partial charge in [0.25, 0.3) is 0 Å². The maximum absolute atomic E-state index is 12.3. The molecule has 0 saturated carbocycles. The number of amides is 2. The minimum Gasteiger partial charge on any atom is -0.376 e. The Hall–Kier alpha value is -3.60. The summed E-state index contributed by atoms with van der Waals surface area (Å²) in [5.74, 6) is -0.0792. The normalized spacial score (nSPS) is 11.4. The van der Waals surface area contributed by atoms with Gasteiger partial charge in [-0.3, -0.25) is 9.59 Å². The molecule has 0 bridgehead atoms. The van der Waals surface area contributed by atoms with Gasteiger partial charge in [-0.15, -0.1) is 0 Å². The maximum atomic E-state index is 12.3. The molecular weight excluding hydrogens is 386 g/mol. The van der Waals surface area contributed by atoms with E-state index in [-0.39, 0.29) is 24.4 Å². The van der Waals surface area contributed by atoms with Gasteiger partial charge in [0.2, 0.25) is 11.8 Å². The molecule has 31 heavy (non-hydrogen) atoms. The van der Waals surface area contributed by atoms with E-state index in [1.165, 1.54) is 0 Å². The molecule has 0 aromatic heterocycles. The highest BCUT2D eigenvalue weighted by atomic mass is 16.2. The second-order valence-electron chi connectivity index (χ2n) is 7.40. The van der Waals surface area contributed by atoms with Crippen molar-refractivity contribution in [1.82, 2.24) is 5.32 Å². The Bertz CT molecular complexity index is 957. The van der Waals surface area contributed by atoms with E-state index in [0.717, 1.165) is 28.9 Å². The summed E-state index contributed by atoms with van der Waals surface area (Å²) in [5.41, 5.74) is 3.81. The molecule has 0 aliphatic rings. The fourth-order valence-corrected chi connectivity index (χ4v) is 3.33. The average Bonchev–Trinajstić information content (AvgIpc) is 2.82. The molecule has 0 aliphatic carbocycles. The lowest BCUT2D eigenvalue weighted by molar-refractivity contribution is -0.120. The molecule has 3 N–H and O–H groups in total. The second-order valence-corrected chi connectivity index (χ2v) is 7.40. The molecule has 0 aliphatic heterocycles. The summed E-state index contributed by atoms with van der Waals surface area (Å²) >= 11 is 0. The monoisotopic (exact) mass is 415 g/mol. The Kier molecular flexibility index (Phi) is 8.23. The highest BCUT2D eigenvalue weighted by Gasteiger charge is 2.12. The van der Waals surface area contributed by atoms with Gasteiger partial charge in [-0.25, -0.2) is 0 Å². The van der Waals surface area contributed by atoms with Crippen LogP contribution in [0.5, 0.6) is 0 Å². The van der Waals surface area contributed by atoms with E-state index in [1.807, 2.05) is 84.9 Å². The third kappa shape index (κ3) is 7.30. The van der Waals surface area contributed by atoms with Crippen molar-refractivity contribution < 1.29 is 9.59 Å². The van der Waals surface area contributed by atoms with Crippen LogP contribution in [0.15, 0.2) is 84.9 Å². The van der Waals surface area contributed by atoms with Crippen molar-refractivity contribution in [2.75, 3.05) is 17.2 Å². The van der Waals surface area contributed by atoms with E-state index in [2.05, 4.69) is 22.9 Å². The summed E-state index contributed by atoms with van der Waals surface area (Å²) in [6, 6.07) is 27.3. The second kappa shape index (κ2) is 11.6. The Morgan fingerprint density at radius 2 is 1.39 bits per heavy atom. The molecule has 1 atom stereocenters. The minimum absolute atomic E-state index is 0.00368. The number of rotatable bonds is 10. The molecule has 3 aromatic rings. The number of aryl methyl sites for hydroxylation is 1. The number of benzene rings is 3. The quantitative estimate of drug-likeness (QED) is 0.439. The number of carbonyl (C=O) groups excluding carboxylic acids is 2. The van der Waals surface area contributed by atoms with Crippen molar-refractivity contribution >= 4 is 23.2 Å². The zero-order chi connectivity index (χ0) is 21.9. The number of anilines is 2. The zero-order valence-corrected chi connectivity index (χ0v) is 17.8. The molecule has 0 fully saturated rings. The van der Waals surface area contributed by atoms with Crippen LogP contribution in [0, 0.1) is 0 Å². The maximum Gasteiger partial charge on any atom is 0.239 e. The van der Waals surface area contributed by atoms with Crippen molar-refractivity contribution in [3.63, 3.8) is 0 Å². The molecule has 0 saturated heterocycles. The fourth-order valence-electron chi connectivity index (χ4n) is 3.33. The lowest BCUT2D eigenvalue weighted by atomic mass is 10.0. The van der Waals surface area contributed by atoms with Gasteiger partial charge >= 0.3 is 0 Å². The van der Waals surface area contributed by atoms with Gasteiger partial charge in [0.15, 0.2) is 0 Å². The lowest BCUT2D eigenvalue weighted by Gasteiger charge is -2.18. The third-order valence-corrected chi connectivity index (χ3v) is 5.05. The van der Waals surface area contributed by atoms with Crippen molar-refractivity contribution in [1.29, 1.82) is 0 Å². The van der Waals surface area contributed by atoms with Crippen molar-refractivity contribution in [2.45, 2.75) is 32.2 Å². The van der Waals surface area contributed by atoms with E-state index in [0.29, 0.717) is 12.8 Å². The van der Waals surface area contributed by atoms with E-state index in [1.54, 1.807) is 0 Å². The van der Waals surface area contributed by atoms with Gasteiger partial charge in [-0.1, -0.05) is 67.6 Å². The highest BCUT2D eigenvalue weighted by molar-refractivity contribution is 5.91. The van der Waals surface area contributed by atoms with E-state index in [9.17, 15) is 9.59 Å². The van der Waals surface area contributed by atoms with Crippen LogP contribution < -0.4 is 16.0 Å². The SMILES string of the molecule is CCC(NC(=O)CNc1ccc(NC(=O)CCc2ccccc2)cc1)c1ccccc1. The number of hydrogen-bond donors (Lipinski definition) is 3. The van der Waals surface area contributed by atoms with Gasteiger partial charge in [-0.05, 0) is 48.2 Å². The highest BCUT2D eigenvalue weighted by Crippen LogP contribution is 2.16. The summed E-state index contributed by atoms with van der Waals surface area (Å²) < 4.78 is 0. The van der Waals surface area contributed by atoms with Crippen molar-refractivity contribution in [3.05, 3.63) is 96.1 Å². The van der Waals surface area contributed by atoms with Gasteiger partial charge < -0.3 is 16.0 Å². The summed E-state index contributed by atoms with van der Waals surface area (Å²) in [5, 5.41) is 9.10. The lowest BCUT2D eigenvalue weighted by Crippen LogP contribution is -2.33. The first-order valence-electron chi connectivity index (χ1n) is 10.7. The predicted octanol–water partition coefficient (Wildman–Crippen LogP) is 4.94. The van der Waals surface area contributed by atoms with E-state index >= 15 is 0 Å². The van der Waals surface area contributed by atoms with Crippen molar-refractivity contribution in [3.8, 4) is 0 Å². The molecule has 2 amide bonds. The summed E-state index contributed by atoms with van der Waals surface area (Å²) in [6.45, 7) is 2.24. The molecule has 5 heteroatoms. The number of nitrogens with one attached hydrogen (secondary N) is 3. The molecule has 0 spiro atoms. The van der Waals surface area contributed by atoms with Crippen LogP contribution in [0.25, 0.3) is 0 Å². The van der Waals surface area contributed by atoms with Gasteiger partial charge in [0.1, 0.15) is 0 Å². The standard InChI is InChI=1S/C26H29N3O2/c1-2-24(21-11-7-4-8-12-21)29-26(31)19-27-22-14-16-23(17-15-22)28-25(30)18-13-20-9-5-3-6-10-20/h3-12,14-17,24,27H,2,13,18-19H2,1H3,(H,28,30)(H,29,31). The topological polar surface area (TPSA) is 70.2 Å². The summed E-state index contributed by atoms with van der Waals surface area (Å²) in [7, 11) is 0. The first kappa shape index (κ1) is 22.1. The average molecular weight is 416 g/mol. The first-order chi connectivity index (χ1) is 15.1. The van der Waals surface area contributed by atoms with Gasteiger partial charge in [0, 0.05) is 17.8 Å². The minimum atomic E-state index is -0.0611. The summed E-state index contributed by atoms with van der Waals surface area (Å²) in [4.78, 5) is 24.5. The van der Waals surface area contributed by atoms with Crippen LogP contribution in [0.2, 0.25) is 0 Å². The van der Waals surface area contributed by atoms with Crippen LogP contribution in [0.3, 0.4) is 0 Å². The molecular formula is C26H29N3O2. The third-order valence-electron chi connectivity index (χ3n) is 5.05. The number of hydrogen-bond acceptors (Lipinski definition) is 3. The largest absolute Gasteiger partial charge is 0.376 e. The van der Waals surface area contributed by atoms with Crippen LogP contribution in [0.1, 0.15) is 36.9 Å². The Morgan fingerprint density at radius 1 is 0.774 bits per heavy atom. The van der Waals surface area contributed by atoms with E-state index in [4.69, 9.17) is 0 Å². The summed E-state index contributed by atoms with van der Waals surface area (Å²) in [6.07, 6.45) is 1.97. The van der Waals surface area contributed by atoms with Crippen LogP contribution in [-0.4, -0.2) is 18.4 Å². The van der Waals surface area contributed by atoms with Crippen LogP contribution >= 0.6 is 0 Å². The fraction of sp³-hybridized carbons (Fsp3) is 0.231. The molecule has 0 heterocycles. The smallest absolute Gasteiger partial charge is 0.239 e. The van der Waals surface area contributed by atoms with Gasteiger partial charge in [-0.2, -0.15) is 0 Å². The van der Waals surface area contributed by atoms with Crippen LogP contribution in [0.4, 0.5) is 11.4 Å².